The van der Waals surface area contributed by atoms with Gasteiger partial charge < -0.3 is 15.0 Å². The molecular weight excluding hydrogens is 478 g/mol. The third-order valence-electron chi connectivity index (χ3n) is 5.86. The maximum Gasteiger partial charge on any atom is 0.244 e. The SMILES string of the molecule is CCC(C(=O)NCC(C)C)N(Cc1cccc(OC)c1)C(=O)CN(c1ccc(C)cc1C)S(C)(=O)=O. The minimum Gasteiger partial charge on any atom is -0.497 e. The molecular formula is C27H39N3O5S. The molecule has 0 saturated heterocycles. The lowest BCUT2D eigenvalue weighted by molar-refractivity contribution is -0.140. The zero-order chi connectivity index (χ0) is 27.0. The second-order valence-corrected chi connectivity index (χ2v) is 11.4. The average Bonchev–Trinajstić information content (AvgIpc) is 2.80. The topological polar surface area (TPSA) is 96.0 Å². The summed E-state index contributed by atoms with van der Waals surface area (Å²) in [4.78, 5) is 28.3. The number of rotatable bonds is 12. The van der Waals surface area contributed by atoms with Crippen molar-refractivity contribution in [1.82, 2.24) is 10.2 Å². The van der Waals surface area contributed by atoms with Crippen molar-refractivity contribution in [2.75, 3.05) is 30.8 Å². The molecule has 0 radical (unpaired) electrons. The van der Waals surface area contributed by atoms with Gasteiger partial charge in [0, 0.05) is 13.1 Å². The molecule has 2 aromatic rings. The summed E-state index contributed by atoms with van der Waals surface area (Å²) in [7, 11) is -2.21. The molecule has 36 heavy (non-hydrogen) atoms. The number of nitrogens with zero attached hydrogens (tertiary/aromatic N) is 2. The van der Waals surface area contributed by atoms with Crippen molar-refractivity contribution in [3.05, 3.63) is 59.2 Å². The first-order chi connectivity index (χ1) is 16.9. The largest absolute Gasteiger partial charge is 0.497 e. The molecule has 0 bridgehead atoms. The molecule has 198 valence electrons. The summed E-state index contributed by atoms with van der Waals surface area (Å²) in [5, 5.41) is 2.92. The van der Waals surface area contributed by atoms with Crippen molar-refractivity contribution in [3.8, 4) is 5.75 Å². The Labute approximate surface area is 215 Å². The van der Waals surface area contributed by atoms with Crippen molar-refractivity contribution in [1.29, 1.82) is 0 Å². The van der Waals surface area contributed by atoms with E-state index in [0.717, 1.165) is 27.3 Å². The van der Waals surface area contributed by atoms with Crippen molar-refractivity contribution < 1.29 is 22.7 Å². The van der Waals surface area contributed by atoms with Crippen LogP contribution >= 0.6 is 0 Å². The normalized spacial score (nSPS) is 12.2. The van der Waals surface area contributed by atoms with E-state index in [-0.39, 0.29) is 18.4 Å². The van der Waals surface area contributed by atoms with Gasteiger partial charge in [0.25, 0.3) is 0 Å². The van der Waals surface area contributed by atoms with Crippen LogP contribution in [0.1, 0.15) is 43.9 Å². The van der Waals surface area contributed by atoms with Crippen LogP contribution in [0.5, 0.6) is 5.75 Å². The molecule has 9 heteroatoms. The Morgan fingerprint density at radius 2 is 1.78 bits per heavy atom. The Balaban J connectivity index is 2.47. The summed E-state index contributed by atoms with van der Waals surface area (Å²) in [5.41, 5.74) is 2.95. The van der Waals surface area contributed by atoms with E-state index in [4.69, 9.17) is 4.74 Å². The van der Waals surface area contributed by atoms with Gasteiger partial charge in [0.2, 0.25) is 21.8 Å². The van der Waals surface area contributed by atoms with E-state index in [1.807, 2.05) is 58.9 Å². The molecule has 8 nitrogen and oxygen atoms in total. The summed E-state index contributed by atoms with van der Waals surface area (Å²) in [5.74, 6) is 0.152. The lowest BCUT2D eigenvalue weighted by atomic mass is 10.1. The molecule has 1 N–H and O–H groups in total. The number of benzene rings is 2. The summed E-state index contributed by atoms with van der Waals surface area (Å²) < 4.78 is 32.0. The minimum atomic E-state index is -3.77. The van der Waals surface area contributed by atoms with Crippen molar-refractivity contribution in [2.45, 2.75) is 53.6 Å². The monoisotopic (exact) mass is 517 g/mol. The fourth-order valence-electron chi connectivity index (χ4n) is 3.99. The maximum atomic E-state index is 13.8. The van der Waals surface area contributed by atoms with Crippen LogP contribution in [0.4, 0.5) is 5.69 Å². The van der Waals surface area contributed by atoms with Gasteiger partial charge in [-0.3, -0.25) is 13.9 Å². The zero-order valence-corrected chi connectivity index (χ0v) is 23.2. The number of aryl methyl sites for hydroxylation is 2. The fraction of sp³-hybridized carbons (Fsp3) is 0.481. The lowest BCUT2D eigenvalue weighted by Crippen LogP contribution is -2.52. The van der Waals surface area contributed by atoms with Crippen molar-refractivity contribution in [2.24, 2.45) is 5.92 Å². The highest BCUT2D eigenvalue weighted by Crippen LogP contribution is 2.25. The van der Waals surface area contributed by atoms with Crippen LogP contribution in [-0.2, 0) is 26.2 Å². The second kappa shape index (κ2) is 12.8. The number of amides is 2. The number of anilines is 1. The number of hydrogen-bond donors (Lipinski definition) is 1. The molecule has 0 saturated carbocycles. The fourth-order valence-corrected chi connectivity index (χ4v) is 4.90. The Bertz CT molecular complexity index is 1160. The molecule has 0 aliphatic rings. The maximum absolute atomic E-state index is 13.8. The van der Waals surface area contributed by atoms with E-state index in [2.05, 4.69) is 5.32 Å². The van der Waals surface area contributed by atoms with Crippen LogP contribution in [0.15, 0.2) is 42.5 Å². The lowest BCUT2D eigenvalue weighted by Gasteiger charge is -2.33. The molecule has 1 unspecified atom stereocenters. The molecule has 2 aromatic carbocycles. The zero-order valence-electron chi connectivity index (χ0n) is 22.4. The van der Waals surface area contributed by atoms with E-state index in [1.165, 1.54) is 4.90 Å². The van der Waals surface area contributed by atoms with Crippen molar-refractivity contribution in [3.63, 3.8) is 0 Å². The summed E-state index contributed by atoms with van der Waals surface area (Å²) in [6, 6.07) is 11.9. The quantitative estimate of drug-likeness (QED) is 0.464. The van der Waals surface area contributed by atoms with Gasteiger partial charge in [-0.25, -0.2) is 8.42 Å². The Kier molecular flexibility index (Phi) is 10.3. The number of nitrogens with one attached hydrogen (secondary N) is 1. The van der Waals surface area contributed by atoms with Gasteiger partial charge in [0.15, 0.2) is 0 Å². The molecule has 1 atom stereocenters. The van der Waals surface area contributed by atoms with Gasteiger partial charge in [-0.2, -0.15) is 0 Å². The number of hydrogen-bond acceptors (Lipinski definition) is 5. The average molecular weight is 518 g/mol. The Morgan fingerprint density at radius 3 is 2.33 bits per heavy atom. The van der Waals surface area contributed by atoms with Gasteiger partial charge in [-0.1, -0.05) is 50.6 Å². The van der Waals surface area contributed by atoms with E-state index in [9.17, 15) is 18.0 Å². The molecule has 0 aromatic heterocycles. The van der Waals surface area contributed by atoms with Crippen molar-refractivity contribution >= 4 is 27.5 Å². The van der Waals surface area contributed by atoms with Crippen LogP contribution < -0.4 is 14.4 Å². The smallest absolute Gasteiger partial charge is 0.244 e. The molecule has 0 aliphatic carbocycles. The molecule has 0 fully saturated rings. The van der Waals surface area contributed by atoms with E-state index in [1.54, 1.807) is 25.3 Å². The number of carbonyl (C=O) groups is 2. The van der Waals surface area contributed by atoms with Gasteiger partial charge in [0.05, 0.1) is 19.1 Å². The summed E-state index contributed by atoms with van der Waals surface area (Å²) in [6.07, 6.45) is 1.46. The summed E-state index contributed by atoms with van der Waals surface area (Å²) >= 11 is 0. The third-order valence-corrected chi connectivity index (χ3v) is 6.98. The van der Waals surface area contributed by atoms with Crippen LogP contribution in [0.25, 0.3) is 0 Å². The van der Waals surface area contributed by atoms with E-state index < -0.39 is 28.5 Å². The van der Waals surface area contributed by atoms with Crippen LogP contribution in [-0.4, -0.2) is 57.6 Å². The highest BCUT2D eigenvalue weighted by Gasteiger charge is 2.32. The third kappa shape index (κ3) is 7.98. The first-order valence-electron chi connectivity index (χ1n) is 12.1. The standard InChI is InChI=1S/C27H39N3O5S/c1-8-24(27(32)28-16-19(2)3)29(17-22-10-9-11-23(15-22)35-6)26(31)18-30(36(7,33)34)25-13-12-20(4)14-21(25)5/h9-15,19,24H,8,16-18H2,1-7H3,(H,28,32). The van der Waals surface area contributed by atoms with Gasteiger partial charge >= 0.3 is 0 Å². The van der Waals surface area contributed by atoms with Crippen LogP contribution in [0.2, 0.25) is 0 Å². The minimum absolute atomic E-state index is 0.133. The number of ether oxygens (including phenoxy) is 1. The first kappa shape index (κ1) is 29.2. The predicted molar refractivity (Wildman–Crippen MR) is 144 cm³/mol. The predicted octanol–water partition coefficient (Wildman–Crippen LogP) is 3.66. The van der Waals surface area contributed by atoms with E-state index in [0.29, 0.717) is 24.4 Å². The van der Waals surface area contributed by atoms with Crippen LogP contribution in [0.3, 0.4) is 0 Å². The number of carbonyl (C=O) groups excluding carboxylic acids is 2. The van der Waals surface area contributed by atoms with Gasteiger partial charge in [0.1, 0.15) is 18.3 Å². The van der Waals surface area contributed by atoms with Crippen LogP contribution in [0, 0.1) is 19.8 Å². The molecule has 2 rings (SSSR count). The highest BCUT2D eigenvalue weighted by atomic mass is 32.2. The Hall–Kier alpha value is -3.07. The summed E-state index contributed by atoms with van der Waals surface area (Å²) in [6.45, 7) is 9.76. The first-order valence-corrected chi connectivity index (χ1v) is 14.0. The second-order valence-electron chi connectivity index (χ2n) is 9.50. The van der Waals surface area contributed by atoms with Gasteiger partial charge in [-0.15, -0.1) is 0 Å². The number of sulfonamides is 1. The number of methoxy groups -OCH3 is 1. The van der Waals surface area contributed by atoms with Gasteiger partial charge in [-0.05, 0) is 55.5 Å². The molecule has 0 heterocycles. The molecule has 2 amide bonds. The highest BCUT2D eigenvalue weighted by molar-refractivity contribution is 7.92. The van der Waals surface area contributed by atoms with E-state index >= 15 is 0 Å². The Morgan fingerprint density at radius 1 is 1.08 bits per heavy atom. The molecule has 0 aliphatic heterocycles. The molecule has 0 spiro atoms.